The van der Waals surface area contributed by atoms with E-state index in [-0.39, 0.29) is 5.91 Å². The number of aryl methyl sites for hydroxylation is 1. The normalized spacial score (nSPS) is 16.2. The summed E-state index contributed by atoms with van der Waals surface area (Å²) < 4.78 is 12.7. The van der Waals surface area contributed by atoms with Crippen LogP contribution in [0.1, 0.15) is 27.2 Å². The molecule has 2 aromatic heterocycles. The predicted molar refractivity (Wildman–Crippen MR) is 120 cm³/mol. The van der Waals surface area contributed by atoms with Gasteiger partial charge < -0.3 is 14.4 Å². The quantitative estimate of drug-likeness (QED) is 0.540. The molecule has 3 aromatic rings. The second-order valence-corrected chi connectivity index (χ2v) is 9.03. The Morgan fingerprint density at radius 1 is 1.09 bits per heavy atom. The Labute approximate surface area is 190 Å². The minimum absolute atomic E-state index is 0.101. The third-order valence-corrected chi connectivity index (χ3v) is 7.35. The summed E-state index contributed by atoms with van der Waals surface area (Å²) in [6.07, 6.45) is 4.67. The van der Waals surface area contributed by atoms with Crippen LogP contribution in [0.3, 0.4) is 0 Å². The van der Waals surface area contributed by atoms with Crippen molar-refractivity contribution < 1.29 is 14.3 Å². The molecule has 1 aromatic carbocycles. The Bertz CT molecular complexity index is 1060. The molecular weight excluding hydrogens is 428 g/mol. The molecule has 1 saturated heterocycles. The molecule has 1 fully saturated rings. The molecule has 1 amide bonds. The van der Waals surface area contributed by atoms with Gasteiger partial charge in [0, 0.05) is 37.6 Å². The van der Waals surface area contributed by atoms with Gasteiger partial charge in [0.2, 0.25) is 0 Å². The number of thiophene rings is 1. The molecule has 1 aliphatic heterocycles. The molecule has 1 aliphatic carbocycles. The SMILES string of the molecule is COc1ccc(OCCN2CCN(C(=O)c3c(-n4cnnn4)sc4c3CCC4)CC2)cc1. The van der Waals surface area contributed by atoms with Gasteiger partial charge in [-0.25, -0.2) is 0 Å². The standard InChI is InChI=1S/C22H26N6O3S/c1-30-16-5-7-17(8-6-16)31-14-13-26-9-11-27(12-10-26)21(29)20-18-3-2-4-19(18)32-22(20)28-15-23-24-25-28/h5-8,15H,2-4,9-14H2,1H3. The highest BCUT2D eigenvalue weighted by atomic mass is 32.1. The molecule has 0 atom stereocenters. The lowest BCUT2D eigenvalue weighted by molar-refractivity contribution is 0.0619. The summed E-state index contributed by atoms with van der Waals surface area (Å²) in [4.78, 5) is 19.1. The van der Waals surface area contributed by atoms with Gasteiger partial charge in [-0.1, -0.05) is 0 Å². The van der Waals surface area contributed by atoms with Crippen LogP contribution in [0.4, 0.5) is 0 Å². The molecular formula is C22H26N6O3S. The number of hydrogen-bond acceptors (Lipinski definition) is 8. The molecule has 5 rings (SSSR count). The minimum atomic E-state index is 0.101. The molecule has 32 heavy (non-hydrogen) atoms. The number of fused-ring (bicyclic) bond motifs is 1. The zero-order valence-corrected chi connectivity index (χ0v) is 18.9. The molecule has 0 N–H and O–H groups in total. The molecule has 0 radical (unpaired) electrons. The number of aromatic nitrogens is 4. The van der Waals surface area contributed by atoms with Crippen LogP contribution in [0.5, 0.6) is 11.5 Å². The molecule has 0 spiro atoms. The van der Waals surface area contributed by atoms with Crippen molar-refractivity contribution >= 4 is 17.2 Å². The maximum absolute atomic E-state index is 13.5. The van der Waals surface area contributed by atoms with E-state index in [1.54, 1.807) is 29.5 Å². The van der Waals surface area contributed by atoms with Crippen LogP contribution in [0.25, 0.3) is 5.00 Å². The first-order valence-electron chi connectivity index (χ1n) is 10.9. The second-order valence-electron chi connectivity index (χ2n) is 7.95. The van der Waals surface area contributed by atoms with Crippen molar-refractivity contribution in [2.45, 2.75) is 19.3 Å². The zero-order chi connectivity index (χ0) is 21.9. The van der Waals surface area contributed by atoms with E-state index in [9.17, 15) is 4.79 Å². The number of methoxy groups -OCH3 is 1. The van der Waals surface area contributed by atoms with Crippen molar-refractivity contribution in [1.29, 1.82) is 0 Å². The van der Waals surface area contributed by atoms with E-state index < -0.39 is 0 Å². The Hall–Kier alpha value is -2.98. The van der Waals surface area contributed by atoms with Crippen LogP contribution in [0.2, 0.25) is 0 Å². The summed E-state index contributed by atoms with van der Waals surface area (Å²) in [5, 5.41) is 12.4. The molecule has 168 valence electrons. The largest absolute Gasteiger partial charge is 0.497 e. The van der Waals surface area contributed by atoms with Crippen LogP contribution in [-0.2, 0) is 12.8 Å². The van der Waals surface area contributed by atoms with E-state index in [1.165, 1.54) is 10.4 Å². The number of ether oxygens (including phenoxy) is 2. The first-order valence-corrected chi connectivity index (χ1v) is 11.7. The number of piperazine rings is 1. The highest BCUT2D eigenvalue weighted by molar-refractivity contribution is 7.15. The lowest BCUT2D eigenvalue weighted by atomic mass is 10.1. The van der Waals surface area contributed by atoms with Crippen molar-refractivity contribution in [1.82, 2.24) is 30.0 Å². The first-order chi connectivity index (χ1) is 15.7. The van der Waals surface area contributed by atoms with Gasteiger partial charge in [0.25, 0.3) is 5.91 Å². The van der Waals surface area contributed by atoms with Gasteiger partial charge in [-0.3, -0.25) is 9.69 Å². The van der Waals surface area contributed by atoms with Gasteiger partial charge in [-0.05, 0) is 59.5 Å². The molecule has 10 heteroatoms. The summed E-state index contributed by atoms with van der Waals surface area (Å²) in [5.74, 6) is 1.75. The van der Waals surface area contributed by atoms with Crippen LogP contribution in [-0.4, -0.2) is 82.4 Å². The monoisotopic (exact) mass is 454 g/mol. The van der Waals surface area contributed by atoms with Crippen molar-refractivity contribution in [2.75, 3.05) is 46.4 Å². The number of nitrogens with zero attached hydrogens (tertiary/aromatic N) is 6. The van der Waals surface area contributed by atoms with Crippen molar-refractivity contribution in [2.24, 2.45) is 0 Å². The van der Waals surface area contributed by atoms with Crippen LogP contribution in [0.15, 0.2) is 30.6 Å². The van der Waals surface area contributed by atoms with E-state index in [4.69, 9.17) is 9.47 Å². The van der Waals surface area contributed by atoms with Crippen LogP contribution >= 0.6 is 11.3 Å². The maximum Gasteiger partial charge on any atom is 0.257 e. The summed E-state index contributed by atoms with van der Waals surface area (Å²) >= 11 is 1.65. The molecule has 2 aliphatic rings. The Kier molecular flexibility index (Phi) is 6.04. The molecule has 0 unspecified atom stereocenters. The fourth-order valence-electron chi connectivity index (χ4n) is 4.32. The van der Waals surface area contributed by atoms with E-state index in [2.05, 4.69) is 20.4 Å². The maximum atomic E-state index is 13.5. The van der Waals surface area contributed by atoms with Gasteiger partial charge in [0.1, 0.15) is 29.4 Å². The third kappa shape index (κ3) is 4.20. The Morgan fingerprint density at radius 2 is 1.88 bits per heavy atom. The molecule has 0 saturated carbocycles. The average Bonchev–Trinajstić information content (AvgIpc) is 3.57. The number of benzene rings is 1. The molecule has 9 nitrogen and oxygen atoms in total. The number of carbonyl (C=O) groups is 1. The summed E-state index contributed by atoms with van der Waals surface area (Å²) in [6.45, 7) is 4.54. The third-order valence-electron chi connectivity index (χ3n) is 6.07. The number of hydrogen-bond donors (Lipinski definition) is 0. The number of tetrazole rings is 1. The topological polar surface area (TPSA) is 85.6 Å². The lowest BCUT2D eigenvalue weighted by Gasteiger charge is -2.34. The van der Waals surface area contributed by atoms with Gasteiger partial charge in [-0.2, -0.15) is 4.68 Å². The number of rotatable bonds is 7. The molecule has 3 heterocycles. The zero-order valence-electron chi connectivity index (χ0n) is 18.1. The van der Waals surface area contributed by atoms with Gasteiger partial charge in [0.05, 0.1) is 12.7 Å². The highest BCUT2D eigenvalue weighted by Crippen LogP contribution is 2.38. The summed E-state index contributed by atoms with van der Waals surface area (Å²) in [6, 6.07) is 7.61. The van der Waals surface area contributed by atoms with Gasteiger partial charge in [0.15, 0.2) is 0 Å². The number of amides is 1. The van der Waals surface area contributed by atoms with Gasteiger partial charge >= 0.3 is 0 Å². The summed E-state index contributed by atoms with van der Waals surface area (Å²) in [5.41, 5.74) is 1.99. The van der Waals surface area contributed by atoms with E-state index in [1.807, 2.05) is 29.2 Å². The number of carbonyl (C=O) groups excluding carboxylic acids is 1. The van der Waals surface area contributed by atoms with Crippen molar-refractivity contribution in [3.8, 4) is 16.5 Å². The smallest absolute Gasteiger partial charge is 0.257 e. The average molecular weight is 455 g/mol. The first kappa shape index (κ1) is 20.9. The minimum Gasteiger partial charge on any atom is -0.497 e. The van der Waals surface area contributed by atoms with E-state index >= 15 is 0 Å². The second kappa shape index (κ2) is 9.25. The Balaban J connectivity index is 1.17. The predicted octanol–water partition coefficient (Wildman–Crippen LogP) is 2.06. The molecule has 0 bridgehead atoms. The lowest BCUT2D eigenvalue weighted by Crippen LogP contribution is -2.49. The van der Waals surface area contributed by atoms with Crippen molar-refractivity contribution in [3.63, 3.8) is 0 Å². The fraction of sp³-hybridized carbons (Fsp3) is 0.455. The van der Waals surface area contributed by atoms with Crippen LogP contribution in [0, 0.1) is 0 Å². The van der Waals surface area contributed by atoms with E-state index in [0.717, 1.165) is 61.0 Å². The van der Waals surface area contributed by atoms with Crippen LogP contribution < -0.4 is 9.47 Å². The Morgan fingerprint density at radius 3 is 2.59 bits per heavy atom. The van der Waals surface area contributed by atoms with E-state index in [0.29, 0.717) is 19.7 Å². The van der Waals surface area contributed by atoms with Gasteiger partial charge in [-0.15, -0.1) is 16.4 Å². The van der Waals surface area contributed by atoms with Crippen molar-refractivity contribution in [3.05, 3.63) is 46.6 Å². The summed E-state index contributed by atoms with van der Waals surface area (Å²) in [7, 11) is 1.65. The fourth-order valence-corrected chi connectivity index (χ4v) is 5.62. The highest BCUT2D eigenvalue weighted by Gasteiger charge is 2.32.